The molecule has 0 N–H and O–H groups in total. The van der Waals surface area contributed by atoms with Crippen molar-refractivity contribution >= 4 is 31.8 Å². The number of imidazole rings is 1. The van der Waals surface area contributed by atoms with Crippen molar-refractivity contribution in [3.63, 3.8) is 0 Å². The highest BCUT2D eigenvalue weighted by Gasteiger charge is 2.45. The maximum atomic E-state index is 13.2. The van der Waals surface area contributed by atoms with Gasteiger partial charge in [-0.1, -0.05) is 19.1 Å². The molecule has 0 bridgehead atoms. The zero-order valence-electron chi connectivity index (χ0n) is 18.0. The fourth-order valence-electron chi connectivity index (χ4n) is 4.04. The Morgan fingerprint density at radius 2 is 1.94 bits per heavy atom. The van der Waals surface area contributed by atoms with Gasteiger partial charge in [0, 0.05) is 30.1 Å². The minimum absolute atomic E-state index is 0.0116. The van der Waals surface area contributed by atoms with Gasteiger partial charge in [0.2, 0.25) is 0 Å². The average molecular weight is 486 g/mol. The molecule has 1 aromatic carbocycles. The number of hydrogen-bond acceptors (Lipinski definition) is 7. The van der Waals surface area contributed by atoms with Gasteiger partial charge in [-0.2, -0.15) is 18.4 Å². The van der Waals surface area contributed by atoms with Crippen LogP contribution in [0.4, 0.5) is 13.2 Å². The Labute approximate surface area is 192 Å². The Kier molecular flexibility index (Phi) is 4.71. The molecular formula is C22H17F3N6O2S. The van der Waals surface area contributed by atoms with E-state index < -0.39 is 27.1 Å². The van der Waals surface area contributed by atoms with Gasteiger partial charge in [-0.25, -0.2) is 13.4 Å². The maximum Gasteiger partial charge on any atom is 0.435 e. The van der Waals surface area contributed by atoms with Crippen LogP contribution in [0.1, 0.15) is 31.0 Å². The van der Waals surface area contributed by atoms with Crippen LogP contribution in [0.3, 0.4) is 0 Å². The number of aryl methyl sites for hydroxylation is 1. The number of aromatic nitrogens is 5. The molecule has 1 aliphatic rings. The van der Waals surface area contributed by atoms with Crippen molar-refractivity contribution in [3.8, 4) is 17.6 Å². The summed E-state index contributed by atoms with van der Waals surface area (Å²) < 4.78 is 67.0. The Morgan fingerprint density at radius 1 is 1.21 bits per heavy atom. The third kappa shape index (κ3) is 3.30. The molecule has 5 rings (SSSR count). The van der Waals surface area contributed by atoms with Gasteiger partial charge in [0.15, 0.2) is 27.0 Å². The van der Waals surface area contributed by atoms with E-state index in [-0.39, 0.29) is 33.3 Å². The van der Waals surface area contributed by atoms with Gasteiger partial charge in [0.05, 0.1) is 17.2 Å². The summed E-state index contributed by atoms with van der Waals surface area (Å²) in [5.41, 5.74) is -0.960. The van der Waals surface area contributed by atoms with E-state index in [4.69, 9.17) is 0 Å². The molecule has 0 aliphatic heterocycles. The van der Waals surface area contributed by atoms with Crippen LogP contribution in [0.15, 0.2) is 35.4 Å². The van der Waals surface area contributed by atoms with Crippen molar-refractivity contribution in [2.45, 2.75) is 36.3 Å². The van der Waals surface area contributed by atoms with E-state index in [1.54, 1.807) is 18.2 Å². The Balaban J connectivity index is 1.77. The first-order valence-electron chi connectivity index (χ1n) is 10.4. The van der Waals surface area contributed by atoms with Gasteiger partial charge in [0.1, 0.15) is 16.1 Å². The molecule has 0 spiro atoms. The number of alkyl halides is 3. The minimum atomic E-state index is -4.70. The molecule has 8 nitrogen and oxygen atoms in total. The fourth-order valence-corrected chi connectivity index (χ4v) is 5.29. The lowest BCUT2D eigenvalue weighted by Gasteiger charge is -2.14. The SMILES string of the molecule is CCS(=O)(=O)c1c(-c2nc3cc(C(F)(F)F)nnc3n2C)ncc2cc(C3(C#N)CC3)ccc12. The second-order valence-corrected chi connectivity index (χ2v) is 10.5. The third-order valence-corrected chi connectivity index (χ3v) is 7.97. The molecule has 4 aromatic rings. The summed E-state index contributed by atoms with van der Waals surface area (Å²) in [6, 6.07) is 8.25. The lowest BCUT2D eigenvalue weighted by molar-refractivity contribution is -0.141. The first kappa shape index (κ1) is 22.2. The Bertz CT molecular complexity index is 1630. The van der Waals surface area contributed by atoms with Crippen LogP contribution < -0.4 is 0 Å². The third-order valence-electron chi connectivity index (χ3n) is 6.17. The predicted octanol–water partition coefficient (Wildman–Crippen LogP) is 3.95. The second-order valence-electron chi connectivity index (χ2n) is 8.27. The van der Waals surface area contributed by atoms with Gasteiger partial charge in [-0.3, -0.25) is 4.98 Å². The highest BCUT2D eigenvalue weighted by atomic mass is 32.2. The first-order chi connectivity index (χ1) is 16.0. The van der Waals surface area contributed by atoms with Gasteiger partial charge < -0.3 is 4.57 Å². The molecule has 0 radical (unpaired) electrons. The second kappa shape index (κ2) is 7.20. The van der Waals surface area contributed by atoms with Crippen LogP contribution in [0, 0.1) is 11.3 Å². The Morgan fingerprint density at radius 3 is 2.56 bits per heavy atom. The number of nitrogens with zero attached hydrogens (tertiary/aromatic N) is 6. The molecule has 174 valence electrons. The van der Waals surface area contributed by atoms with Crippen LogP contribution >= 0.6 is 0 Å². The van der Waals surface area contributed by atoms with E-state index in [1.807, 2.05) is 0 Å². The summed E-state index contributed by atoms with van der Waals surface area (Å²) >= 11 is 0. The summed E-state index contributed by atoms with van der Waals surface area (Å²) in [7, 11) is -2.32. The van der Waals surface area contributed by atoms with Gasteiger partial charge in [-0.15, -0.1) is 10.2 Å². The summed E-state index contributed by atoms with van der Waals surface area (Å²) in [6.07, 6.45) is -1.73. The zero-order chi connectivity index (χ0) is 24.5. The van der Waals surface area contributed by atoms with Crippen molar-refractivity contribution in [2.24, 2.45) is 7.05 Å². The molecule has 0 saturated heterocycles. The number of fused-ring (bicyclic) bond motifs is 2. The number of nitriles is 1. The number of rotatable bonds is 4. The Hall–Kier alpha value is -3.59. The fraction of sp³-hybridized carbons (Fsp3) is 0.318. The van der Waals surface area contributed by atoms with Crippen LogP contribution in [0.2, 0.25) is 0 Å². The summed E-state index contributed by atoms with van der Waals surface area (Å²) in [5, 5.41) is 17.3. The topological polar surface area (TPSA) is 114 Å². The molecule has 3 aromatic heterocycles. The van der Waals surface area contributed by atoms with Crippen LogP contribution in [-0.2, 0) is 28.5 Å². The van der Waals surface area contributed by atoms with E-state index in [1.165, 1.54) is 24.7 Å². The number of sulfone groups is 1. The van der Waals surface area contributed by atoms with E-state index in [0.717, 1.165) is 24.5 Å². The summed E-state index contributed by atoms with van der Waals surface area (Å²) in [5.74, 6) is -0.163. The largest absolute Gasteiger partial charge is 0.435 e. The number of benzene rings is 1. The lowest BCUT2D eigenvalue weighted by atomic mass is 9.95. The smallest absolute Gasteiger partial charge is 0.309 e. The molecule has 0 amide bonds. The van der Waals surface area contributed by atoms with E-state index in [9.17, 15) is 26.9 Å². The van der Waals surface area contributed by atoms with Crippen LogP contribution in [0.25, 0.3) is 33.5 Å². The molecule has 0 unspecified atom stereocenters. The van der Waals surface area contributed by atoms with Crippen LogP contribution in [-0.4, -0.2) is 38.9 Å². The summed E-state index contributed by atoms with van der Waals surface area (Å²) in [4.78, 5) is 8.55. The van der Waals surface area contributed by atoms with E-state index >= 15 is 0 Å². The molecule has 1 saturated carbocycles. The normalized spacial score (nSPS) is 15.5. The van der Waals surface area contributed by atoms with E-state index in [2.05, 4.69) is 26.2 Å². The molecule has 0 atom stereocenters. The van der Waals surface area contributed by atoms with Crippen molar-refractivity contribution in [2.75, 3.05) is 5.75 Å². The monoisotopic (exact) mass is 486 g/mol. The van der Waals surface area contributed by atoms with Gasteiger partial charge in [-0.05, 0) is 24.5 Å². The standard InChI is InChI=1S/C22H17F3N6O2S/c1-3-34(32,33)18-14-5-4-13(21(11-26)6-7-21)8-12(14)10-27-17(18)20-28-15-9-16(22(23,24)25)29-30-19(15)31(20)2/h4-5,8-10H,3,6-7H2,1-2H3. The van der Waals surface area contributed by atoms with Crippen molar-refractivity contribution < 1.29 is 21.6 Å². The van der Waals surface area contributed by atoms with Crippen molar-refractivity contribution in [1.29, 1.82) is 5.26 Å². The number of hydrogen-bond donors (Lipinski definition) is 0. The molecule has 1 fully saturated rings. The van der Waals surface area contributed by atoms with Gasteiger partial charge >= 0.3 is 6.18 Å². The number of pyridine rings is 1. The zero-order valence-corrected chi connectivity index (χ0v) is 18.9. The van der Waals surface area contributed by atoms with Crippen molar-refractivity contribution in [3.05, 3.63) is 41.7 Å². The quantitative estimate of drug-likeness (QED) is 0.429. The van der Waals surface area contributed by atoms with Gasteiger partial charge in [0.25, 0.3) is 0 Å². The predicted molar refractivity (Wildman–Crippen MR) is 116 cm³/mol. The van der Waals surface area contributed by atoms with Crippen molar-refractivity contribution in [1.82, 2.24) is 24.7 Å². The molecule has 3 heterocycles. The summed E-state index contributed by atoms with van der Waals surface area (Å²) in [6.45, 7) is 1.50. The lowest BCUT2D eigenvalue weighted by Crippen LogP contribution is -2.10. The first-order valence-corrected chi connectivity index (χ1v) is 12.0. The highest BCUT2D eigenvalue weighted by molar-refractivity contribution is 7.91. The minimum Gasteiger partial charge on any atom is -0.309 e. The molecule has 1 aliphatic carbocycles. The van der Waals surface area contributed by atoms with Crippen LogP contribution in [0.5, 0.6) is 0 Å². The maximum absolute atomic E-state index is 13.2. The number of halogens is 3. The van der Waals surface area contributed by atoms with E-state index in [0.29, 0.717) is 10.8 Å². The molecule has 12 heteroatoms. The molecule has 34 heavy (non-hydrogen) atoms. The molecular weight excluding hydrogens is 469 g/mol. The average Bonchev–Trinajstić information content (AvgIpc) is 3.55. The highest BCUT2D eigenvalue weighted by Crippen LogP contribution is 2.48.